The number of rotatable bonds is 4. The summed E-state index contributed by atoms with van der Waals surface area (Å²) in [6.45, 7) is 2.18. The van der Waals surface area contributed by atoms with Crippen LogP contribution in [0.3, 0.4) is 0 Å². The van der Waals surface area contributed by atoms with Gasteiger partial charge in [-0.1, -0.05) is 12.1 Å². The number of benzene rings is 3. The molecule has 3 aromatic rings. The maximum absolute atomic E-state index is 14.0. The van der Waals surface area contributed by atoms with Crippen LogP contribution in [0.5, 0.6) is 11.5 Å². The Morgan fingerprint density at radius 3 is 2.50 bits per heavy atom. The van der Waals surface area contributed by atoms with Crippen molar-refractivity contribution in [2.45, 2.75) is 6.92 Å². The van der Waals surface area contributed by atoms with Crippen molar-refractivity contribution in [2.75, 3.05) is 6.61 Å². The van der Waals surface area contributed by atoms with E-state index < -0.39 is 11.8 Å². The average Bonchev–Trinajstić information content (AvgIpc) is 2.55. The summed E-state index contributed by atoms with van der Waals surface area (Å²) >= 11 is 0. The van der Waals surface area contributed by atoms with Gasteiger partial charge in [-0.05, 0) is 48.7 Å². The Morgan fingerprint density at radius 2 is 1.75 bits per heavy atom. The number of hydrogen-bond acceptors (Lipinski definition) is 3. The molecule has 0 aliphatic rings. The van der Waals surface area contributed by atoms with Gasteiger partial charge in [0.15, 0.2) is 0 Å². The fourth-order valence-electron chi connectivity index (χ4n) is 2.37. The summed E-state index contributed by atoms with van der Waals surface area (Å²) in [5.74, 6) is -1.36. The molecule has 0 bridgehead atoms. The zero-order valence-electron chi connectivity index (χ0n) is 12.9. The van der Waals surface area contributed by atoms with E-state index in [0.29, 0.717) is 23.1 Å². The fraction of sp³-hybridized carbons (Fsp3) is 0.105. The topological polar surface area (TPSA) is 35.5 Å². The third-order valence-electron chi connectivity index (χ3n) is 3.48. The highest BCUT2D eigenvalue weighted by molar-refractivity contribution is 5.92. The summed E-state index contributed by atoms with van der Waals surface area (Å²) < 4.78 is 38.0. The van der Waals surface area contributed by atoms with Gasteiger partial charge in [0.1, 0.15) is 23.1 Å². The molecule has 0 saturated heterocycles. The van der Waals surface area contributed by atoms with Gasteiger partial charge >= 0.3 is 5.97 Å². The smallest absolute Gasteiger partial charge is 0.346 e. The van der Waals surface area contributed by atoms with Crippen LogP contribution < -0.4 is 9.47 Å². The lowest BCUT2D eigenvalue weighted by Crippen LogP contribution is -2.11. The fourth-order valence-corrected chi connectivity index (χ4v) is 2.37. The van der Waals surface area contributed by atoms with E-state index in [2.05, 4.69) is 0 Å². The van der Waals surface area contributed by atoms with Crippen molar-refractivity contribution in [3.05, 3.63) is 71.8 Å². The van der Waals surface area contributed by atoms with Gasteiger partial charge in [-0.15, -0.1) is 0 Å². The highest BCUT2D eigenvalue weighted by Gasteiger charge is 2.15. The van der Waals surface area contributed by atoms with E-state index in [4.69, 9.17) is 9.47 Å². The van der Waals surface area contributed by atoms with Crippen molar-refractivity contribution < 1.29 is 23.0 Å². The number of carbonyl (C=O) groups excluding carboxylic acids is 1. The molecule has 122 valence electrons. The van der Waals surface area contributed by atoms with Gasteiger partial charge in [0.25, 0.3) is 0 Å². The number of fused-ring (bicyclic) bond motifs is 1. The first kappa shape index (κ1) is 15.9. The first-order chi connectivity index (χ1) is 11.6. The SMILES string of the molecule is CCOc1ccc(C(=O)Oc2ccc3c(F)cccc3c2)c(F)c1. The molecule has 5 heteroatoms. The molecule has 3 aromatic carbocycles. The molecule has 0 unspecified atom stereocenters. The summed E-state index contributed by atoms with van der Waals surface area (Å²) in [6, 6.07) is 13.1. The molecule has 0 aliphatic heterocycles. The van der Waals surface area contributed by atoms with Crippen molar-refractivity contribution in [1.29, 1.82) is 0 Å². The van der Waals surface area contributed by atoms with Crippen LogP contribution in [0.25, 0.3) is 10.8 Å². The molecule has 0 radical (unpaired) electrons. The molecule has 0 spiro atoms. The molecule has 3 nitrogen and oxygen atoms in total. The first-order valence-corrected chi connectivity index (χ1v) is 7.41. The van der Waals surface area contributed by atoms with Gasteiger partial charge in [0.2, 0.25) is 0 Å². The maximum atomic E-state index is 14.0. The van der Waals surface area contributed by atoms with Crippen molar-refractivity contribution in [3.8, 4) is 11.5 Å². The third kappa shape index (κ3) is 3.20. The molecular weight excluding hydrogens is 314 g/mol. The molecule has 0 amide bonds. The molecule has 3 rings (SSSR count). The Hall–Kier alpha value is -2.95. The lowest BCUT2D eigenvalue weighted by molar-refractivity contribution is 0.0730. The minimum absolute atomic E-state index is 0.196. The molecule has 0 atom stereocenters. The lowest BCUT2D eigenvalue weighted by Gasteiger charge is -2.08. The largest absolute Gasteiger partial charge is 0.494 e. The van der Waals surface area contributed by atoms with E-state index in [-0.39, 0.29) is 17.1 Å². The van der Waals surface area contributed by atoms with E-state index in [1.54, 1.807) is 19.1 Å². The van der Waals surface area contributed by atoms with E-state index in [9.17, 15) is 13.6 Å². The third-order valence-corrected chi connectivity index (χ3v) is 3.48. The maximum Gasteiger partial charge on any atom is 0.346 e. The monoisotopic (exact) mass is 328 g/mol. The second-order valence-corrected chi connectivity index (χ2v) is 5.09. The van der Waals surface area contributed by atoms with E-state index in [1.807, 2.05) is 0 Å². The van der Waals surface area contributed by atoms with Crippen molar-refractivity contribution in [3.63, 3.8) is 0 Å². The standard InChI is InChI=1S/C19H14F2O3/c1-2-23-13-6-9-16(18(21)11-13)19(22)24-14-7-8-15-12(10-14)4-3-5-17(15)20/h3-11H,2H2,1H3. The number of carbonyl (C=O) groups is 1. The molecular formula is C19H14F2O3. The summed E-state index contributed by atoms with van der Waals surface area (Å²) in [4.78, 5) is 12.1. The molecule has 0 aromatic heterocycles. The molecule has 0 N–H and O–H groups in total. The highest BCUT2D eigenvalue weighted by atomic mass is 19.1. The van der Waals surface area contributed by atoms with Gasteiger partial charge in [0, 0.05) is 11.5 Å². The van der Waals surface area contributed by atoms with Crippen LogP contribution in [-0.2, 0) is 0 Å². The van der Waals surface area contributed by atoms with Gasteiger partial charge in [-0.2, -0.15) is 0 Å². The molecule has 0 fully saturated rings. The summed E-state index contributed by atoms with van der Waals surface area (Å²) in [7, 11) is 0. The van der Waals surface area contributed by atoms with E-state index >= 15 is 0 Å². The van der Waals surface area contributed by atoms with E-state index in [0.717, 1.165) is 6.07 Å². The highest BCUT2D eigenvalue weighted by Crippen LogP contribution is 2.24. The van der Waals surface area contributed by atoms with Crippen LogP contribution in [0, 0.1) is 11.6 Å². The van der Waals surface area contributed by atoms with Crippen molar-refractivity contribution in [1.82, 2.24) is 0 Å². The molecule has 0 saturated carbocycles. The summed E-state index contributed by atoms with van der Waals surface area (Å²) in [6.07, 6.45) is 0. The Balaban J connectivity index is 1.84. The van der Waals surface area contributed by atoms with E-state index in [1.165, 1.54) is 36.4 Å². The van der Waals surface area contributed by atoms with Crippen LogP contribution in [0.2, 0.25) is 0 Å². The Kier molecular flexibility index (Phi) is 4.42. The predicted molar refractivity (Wildman–Crippen MR) is 86.4 cm³/mol. The second kappa shape index (κ2) is 6.66. The molecule has 0 heterocycles. The minimum atomic E-state index is -0.827. The Bertz CT molecular complexity index is 906. The number of hydrogen-bond donors (Lipinski definition) is 0. The Labute approximate surface area is 137 Å². The van der Waals surface area contributed by atoms with Gasteiger partial charge in [-0.25, -0.2) is 13.6 Å². The predicted octanol–water partition coefficient (Wildman–Crippen LogP) is 4.74. The average molecular weight is 328 g/mol. The van der Waals surface area contributed by atoms with Crippen LogP contribution in [0.1, 0.15) is 17.3 Å². The van der Waals surface area contributed by atoms with Crippen LogP contribution in [0.15, 0.2) is 54.6 Å². The van der Waals surface area contributed by atoms with Crippen LogP contribution in [0.4, 0.5) is 8.78 Å². The number of esters is 1. The van der Waals surface area contributed by atoms with Crippen LogP contribution >= 0.6 is 0 Å². The first-order valence-electron chi connectivity index (χ1n) is 7.41. The quantitative estimate of drug-likeness (QED) is 0.513. The zero-order valence-corrected chi connectivity index (χ0v) is 12.9. The lowest BCUT2D eigenvalue weighted by atomic mass is 10.1. The Morgan fingerprint density at radius 1 is 0.958 bits per heavy atom. The number of halogens is 2. The van der Waals surface area contributed by atoms with Gasteiger partial charge in [-0.3, -0.25) is 0 Å². The van der Waals surface area contributed by atoms with Gasteiger partial charge < -0.3 is 9.47 Å². The van der Waals surface area contributed by atoms with Crippen molar-refractivity contribution in [2.24, 2.45) is 0 Å². The minimum Gasteiger partial charge on any atom is -0.494 e. The zero-order chi connectivity index (χ0) is 17.1. The molecule has 0 aliphatic carbocycles. The second-order valence-electron chi connectivity index (χ2n) is 5.09. The summed E-state index contributed by atoms with van der Waals surface area (Å²) in [5.41, 5.74) is -0.196. The van der Waals surface area contributed by atoms with Crippen molar-refractivity contribution >= 4 is 16.7 Å². The number of ether oxygens (including phenoxy) is 2. The molecule has 24 heavy (non-hydrogen) atoms. The van der Waals surface area contributed by atoms with Crippen LogP contribution in [-0.4, -0.2) is 12.6 Å². The summed E-state index contributed by atoms with van der Waals surface area (Å²) in [5, 5.41) is 1.01. The normalized spacial score (nSPS) is 10.6. The van der Waals surface area contributed by atoms with Gasteiger partial charge in [0.05, 0.1) is 12.2 Å².